The summed E-state index contributed by atoms with van der Waals surface area (Å²) >= 11 is 0. The van der Waals surface area contributed by atoms with Crippen molar-refractivity contribution in [3.8, 4) is 55.6 Å². The Morgan fingerprint density at radius 2 is 0.873 bits per heavy atom. The van der Waals surface area contributed by atoms with Gasteiger partial charge < -0.3 is 0 Å². The fraction of sp³-hybridized carbons (Fsp3) is 0.238. The van der Waals surface area contributed by atoms with Crippen LogP contribution in [0.1, 0.15) is 104 Å². The normalized spacial score (nSPS) is 13.9. The van der Waals surface area contributed by atoms with Gasteiger partial charge in [-0.2, -0.15) is 0 Å². The summed E-state index contributed by atoms with van der Waals surface area (Å²) in [6.07, 6.45) is 5.81. The maximum Gasteiger partial charge on any atom is -0.00264 e. The number of hydrogen-bond donors (Lipinski definition) is 0. The molecule has 0 aliphatic heterocycles. The average Bonchev–Trinajstić information content (AvgIpc) is 3.75. The summed E-state index contributed by atoms with van der Waals surface area (Å²) in [5.41, 5.74) is 27.6. The molecule has 9 aromatic rings. The SMILES string of the molecule is CCC(C)(C)c1cc(C)c(-c2cc3c4cc5c(cc4c(-c4c(C)cc(C(C)(C)C)cc4C)cc3c3cc4c(cc23)C2=CCCc3cccc-4c32)-c2cccc3cccc-5c23)c(C)c1. The second-order valence-corrected chi connectivity index (χ2v) is 21.0. The Morgan fingerprint density at radius 3 is 1.41 bits per heavy atom. The van der Waals surface area contributed by atoms with Crippen molar-refractivity contribution < 1.29 is 0 Å². The summed E-state index contributed by atoms with van der Waals surface area (Å²) in [6.45, 7) is 23.5. The molecule has 63 heavy (non-hydrogen) atoms. The quantitative estimate of drug-likeness (QED) is 0.155. The van der Waals surface area contributed by atoms with Crippen LogP contribution in [-0.2, 0) is 17.3 Å². The molecule has 0 heteroatoms. The summed E-state index contributed by atoms with van der Waals surface area (Å²) in [7, 11) is 0. The van der Waals surface area contributed by atoms with Gasteiger partial charge in [0.05, 0.1) is 0 Å². The minimum atomic E-state index is 0.0590. The second kappa shape index (κ2) is 13.2. The first-order chi connectivity index (χ1) is 30.2. The zero-order chi connectivity index (χ0) is 43.4. The number of benzene rings is 9. The number of allylic oxidation sites excluding steroid dienone is 1. The molecule has 3 aliphatic rings. The Bertz CT molecular complexity index is 3520. The van der Waals surface area contributed by atoms with Gasteiger partial charge in [0, 0.05) is 0 Å². The summed E-state index contributed by atoms with van der Waals surface area (Å²) in [6, 6.07) is 46.1. The van der Waals surface area contributed by atoms with Gasteiger partial charge >= 0.3 is 0 Å². The Morgan fingerprint density at radius 1 is 0.429 bits per heavy atom. The largest absolute Gasteiger partial charge is 0.0757 e. The number of aryl methyl sites for hydroxylation is 5. The molecule has 0 bridgehead atoms. The van der Waals surface area contributed by atoms with Crippen molar-refractivity contribution in [1.29, 1.82) is 0 Å². The van der Waals surface area contributed by atoms with E-state index < -0.39 is 0 Å². The molecule has 0 atom stereocenters. The minimum absolute atomic E-state index is 0.0590. The van der Waals surface area contributed by atoms with Crippen molar-refractivity contribution in [1.82, 2.24) is 0 Å². The highest BCUT2D eigenvalue weighted by atomic mass is 14.3. The van der Waals surface area contributed by atoms with Crippen LogP contribution in [0.25, 0.3) is 104 Å². The van der Waals surface area contributed by atoms with Crippen LogP contribution in [0, 0.1) is 27.7 Å². The molecule has 0 amide bonds. The molecule has 3 aliphatic carbocycles. The Balaban J connectivity index is 1.27. The van der Waals surface area contributed by atoms with Crippen molar-refractivity contribution in [2.75, 3.05) is 0 Å². The van der Waals surface area contributed by atoms with Crippen LogP contribution in [0.5, 0.6) is 0 Å². The van der Waals surface area contributed by atoms with Gasteiger partial charge in [-0.05, 0) is 249 Å². The predicted molar refractivity (Wildman–Crippen MR) is 274 cm³/mol. The average molecular weight is 813 g/mol. The van der Waals surface area contributed by atoms with Gasteiger partial charge in [0.15, 0.2) is 0 Å². The van der Waals surface area contributed by atoms with E-state index in [1.165, 1.54) is 154 Å². The van der Waals surface area contributed by atoms with Crippen LogP contribution >= 0.6 is 0 Å². The first-order valence-electron chi connectivity index (χ1n) is 23.4. The van der Waals surface area contributed by atoms with Gasteiger partial charge in [-0.1, -0.05) is 126 Å². The van der Waals surface area contributed by atoms with Crippen LogP contribution in [0.2, 0.25) is 0 Å². The maximum absolute atomic E-state index is 2.59. The van der Waals surface area contributed by atoms with Gasteiger partial charge in [0.2, 0.25) is 0 Å². The lowest BCUT2D eigenvalue weighted by molar-refractivity contribution is 0.505. The molecule has 0 spiro atoms. The maximum atomic E-state index is 2.59. The molecule has 12 rings (SSSR count). The van der Waals surface area contributed by atoms with Crippen molar-refractivity contribution >= 4 is 48.7 Å². The summed E-state index contributed by atoms with van der Waals surface area (Å²) in [5.74, 6) is 0. The van der Waals surface area contributed by atoms with Crippen molar-refractivity contribution in [2.24, 2.45) is 0 Å². The molecule has 0 nitrogen and oxygen atoms in total. The zero-order valence-electron chi connectivity index (χ0n) is 38.7. The monoisotopic (exact) mass is 812 g/mol. The summed E-state index contributed by atoms with van der Waals surface area (Å²) < 4.78 is 0. The van der Waals surface area contributed by atoms with E-state index in [0.717, 1.165) is 19.3 Å². The summed E-state index contributed by atoms with van der Waals surface area (Å²) in [4.78, 5) is 0. The predicted octanol–water partition coefficient (Wildman–Crippen LogP) is 17.9. The van der Waals surface area contributed by atoms with Crippen LogP contribution < -0.4 is 0 Å². The van der Waals surface area contributed by atoms with E-state index in [0.29, 0.717) is 0 Å². The van der Waals surface area contributed by atoms with E-state index in [1.807, 2.05) is 0 Å². The Kier molecular flexibility index (Phi) is 8.02. The highest BCUT2D eigenvalue weighted by molar-refractivity contribution is 6.28. The fourth-order valence-corrected chi connectivity index (χ4v) is 12.1. The molecule has 0 heterocycles. The van der Waals surface area contributed by atoms with E-state index in [1.54, 1.807) is 0 Å². The lowest BCUT2D eigenvalue weighted by Crippen LogP contribution is -2.16. The van der Waals surface area contributed by atoms with Gasteiger partial charge in [-0.3, -0.25) is 0 Å². The van der Waals surface area contributed by atoms with Crippen molar-refractivity contribution in [3.05, 3.63) is 171 Å². The number of fused-ring (bicyclic) bond motifs is 11. The first-order valence-corrected chi connectivity index (χ1v) is 23.4. The van der Waals surface area contributed by atoms with Crippen molar-refractivity contribution in [3.63, 3.8) is 0 Å². The van der Waals surface area contributed by atoms with Gasteiger partial charge in [0.1, 0.15) is 0 Å². The Hall–Kier alpha value is -6.24. The third-order valence-electron chi connectivity index (χ3n) is 15.7. The van der Waals surface area contributed by atoms with Crippen molar-refractivity contribution in [2.45, 2.75) is 99.3 Å². The van der Waals surface area contributed by atoms with E-state index >= 15 is 0 Å². The molecule has 0 radical (unpaired) electrons. The van der Waals surface area contributed by atoms with Crippen LogP contribution in [0.3, 0.4) is 0 Å². The van der Waals surface area contributed by atoms with Gasteiger partial charge in [-0.15, -0.1) is 0 Å². The lowest BCUT2D eigenvalue weighted by Gasteiger charge is -2.26. The molecule has 0 saturated carbocycles. The zero-order valence-corrected chi connectivity index (χ0v) is 38.7. The third kappa shape index (κ3) is 5.40. The number of hydrogen-bond acceptors (Lipinski definition) is 0. The molecular formula is C63H56. The standard InChI is InChI=1S/C63H56/c1-11-63(9,10)41-26-36(4)59(37(5)27-41)57-33-53-50-28-46-42-20-12-16-38-18-14-22-44(60(38)42)48(46)30-54(50)56(58-34(2)24-40(25-35(58)3)62(6,7)8)32-52(53)51-29-47-43-21-13-17-39-19-15-23-45(61(39)43)49(47)31-55(51)57/h12-14,16-18,20-33H,11,15,19H2,1-10H3. The molecule has 9 aromatic carbocycles. The van der Waals surface area contributed by atoms with Gasteiger partial charge in [-0.25, -0.2) is 0 Å². The fourth-order valence-electron chi connectivity index (χ4n) is 12.1. The highest BCUT2D eigenvalue weighted by Crippen LogP contribution is 2.55. The van der Waals surface area contributed by atoms with E-state index in [9.17, 15) is 0 Å². The molecule has 308 valence electrons. The number of rotatable bonds is 4. The first kappa shape index (κ1) is 38.4. The molecule has 0 unspecified atom stereocenters. The molecule has 0 saturated heterocycles. The lowest BCUT2D eigenvalue weighted by atomic mass is 9.78. The molecule has 0 fully saturated rings. The third-order valence-corrected chi connectivity index (χ3v) is 15.7. The minimum Gasteiger partial charge on any atom is -0.0757 e. The van der Waals surface area contributed by atoms with E-state index in [4.69, 9.17) is 0 Å². The van der Waals surface area contributed by atoms with Gasteiger partial charge in [0.25, 0.3) is 0 Å². The molecule has 0 N–H and O–H groups in total. The van der Waals surface area contributed by atoms with Crippen LogP contribution in [0.15, 0.2) is 121 Å². The second-order valence-electron chi connectivity index (χ2n) is 21.0. The Labute approximate surface area is 373 Å². The molecular weight excluding hydrogens is 757 g/mol. The summed E-state index contributed by atoms with van der Waals surface area (Å²) in [5, 5.41) is 10.7. The topological polar surface area (TPSA) is 0 Å². The van der Waals surface area contributed by atoms with Crippen LogP contribution in [0.4, 0.5) is 0 Å². The van der Waals surface area contributed by atoms with Crippen LogP contribution in [-0.4, -0.2) is 0 Å². The molecule has 0 aromatic heterocycles. The highest BCUT2D eigenvalue weighted by Gasteiger charge is 2.31. The smallest absolute Gasteiger partial charge is 0.00264 e. The van der Waals surface area contributed by atoms with E-state index in [-0.39, 0.29) is 10.8 Å². The van der Waals surface area contributed by atoms with E-state index in [2.05, 4.69) is 191 Å².